The molecule has 1 heterocycles. The second-order valence-corrected chi connectivity index (χ2v) is 4.77. The van der Waals surface area contributed by atoms with Crippen LogP contribution in [0, 0.1) is 0 Å². The van der Waals surface area contributed by atoms with Gasteiger partial charge in [-0.15, -0.1) is 0 Å². The maximum atomic E-state index is 8.52. The molecule has 0 saturated carbocycles. The van der Waals surface area contributed by atoms with Crippen molar-refractivity contribution in [3.8, 4) is 0 Å². The van der Waals surface area contributed by atoms with Crippen LogP contribution in [-0.2, 0) is 25.2 Å². The third-order valence-corrected chi connectivity index (χ3v) is 2.30. The minimum atomic E-state index is -5.17. The van der Waals surface area contributed by atoms with Gasteiger partial charge in [-0.2, -0.15) is 0 Å². The molecule has 20 heavy (non-hydrogen) atoms. The summed E-state index contributed by atoms with van der Waals surface area (Å²) in [6, 6.07) is 0. The molecule has 0 N–H and O–H groups in total. The van der Waals surface area contributed by atoms with Gasteiger partial charge in [-0.3, -0.25) is 8.42 Å². The minimum absolute atomic E-state index is 0. The summed E-state index contributed by atoms with van der Waals surface area (Å²) in [5.41, 5.74) is 0. The summed E-state index contributed by atoms with van der Waals surface area (Å²) in [5.74, 6) is 0. The molecule has 0 bridgehead atoms. The Hall–Kier alpha value is 1.75. The molecular weight excluding hydrogens is 310 g/mol. The molecular formula is C10H20Na2O7S. The molecule has 0 unspecified atom stereocenters. The zero-order valence-electron chi connectivity index (χ0n) is 12.3. The van der Waals surface area contributed by atoms with Crippen molar-refractivity contribution in [1.82, 2.24) is 0 Å². The van der Waals surface area contributed by atoms with Gasteiger partial charge in [0.15, 0.2) is 0 Å². The molecule has 1 rings (SSSR count). The van der Waals surface area contributed by atoms with E-state index in [1.54, 1.807) is 0 Å². The van der Waals surface area contributed by atoms with Crippen molar-refractivity contribution in [3.05, 3.63) is 0 Å². The predicted octanol–water partition coefficient (Wildman–Crippen LogP) is -4.33. The van der Waals surface area contributed by atoms with Crippen LogP contribution in [0.15, 0.2) is 0 Å². The van der Waals surface area contributed by atoms with E-state index in [2.05, 4.69) is 5.04 Å². The Morgan fingerprint density at radius 3 is 1.20 bits per heavy atom. The molecule has 1 aliphatic heterocycles. The van der Waals surface area contributed by atoms with Crippen molar-refractivity contribution in [3.63, 3.8) is 0 Å². The van der Waals surface area contributed by atoms with Gasteiger partial charge in [0, 0.05) is 10.4 Å². The molecule has 0 aromatic rings. The molecule has 1 aliphatic rings. The average Bonchev–Trinajstić information content (AvgIpc) is 2.27. The van der Waals surface area contributed by atoms with Crippen molar-refractivity contribution in [1.29, 1.82) is 0 Å². The third kappa shape index (κ3) is 31.9. The van der Waals surface area contributed by atoms with Gasteiger partial charge < -0.3 is 9.11 Å². The van der Waals surface area contributed by atoms with Crippen molar-refractivity contribution in [2.45, 2.75) is 51.4 Å². The number of rotatable bonds is 0. The molecule has 10 heteroatoms. The van der Waals surface area contributed by atoms with Gasteiger partial charge in [0.1, 0.15) is 0 Å². The maximum absolute atomic E-state index is 8.52. The van der Waals surface area contributed by atoms with Crippen molar-refractivity contribution in [2.24, 2.45) is 0 Å². The number of hydrogen-bond acceptors (Lipinski definition) is 7. The van der Waals surface area contributed by atoms with Crippen LogP contribution in [0.4, 0.5) is 0 Å². The van der Waals surface area contributed by atoms with Crippen LogP contribution in [0.25, 0.3) is 0 Å². The minimum Gasteiger partial charge on any atom is -0.759 e. The molecule has 110 valence electrons. The van der Waals surface area contributed by atoms with Gasteiger partial charge in [0.2, 0.25) is 0 Å². The maximum Gasteiger partial charge on any atom is 1.00 e. The third-order valence-electron chi connectivity index (χ3n) is 2.30. The largest absolute Gasteiger partial charge is 1.00 e. The van der Waals surface area contributed by atoms with Crippen LogP contribution >= 0.6 is 0 Å². The van der Waals surface area contributed by atoms with E-state index < -0.39 is 10.4 Å². The summed E-state index contributed by atoms with van der Waals surface area (Å²) >= 11 is 0. The quantitative estimate of drug-likeness (QED) is 0.191. The molecule has 0 amide bonds. The second kappa shape index (κ2) is 18.8. The van der Waals surface area contributed by atoms with Gasteiger partial charge in [-0.1, -0.05) is 43.6 Å². The van der Waals surface area contributed by atoms with Gasteiger partial charge in [0.05, 0.1) is 13.2 Å². The molecule has 0 spiro atoms. The smallest absolute Gasteiger partial charge is 0.759 e. The molecule has 0 aromatic heterocycles. The number of hydrogen-bond donors (Lipinski definition) is 0. The molecule has 0 atom stereocenters. The van der Waals surface area contributed by atoms with Crippen molar-refractivity contribution >= 4 is 10.4 Å². The SMILES string of the molecule is C1CCCCCOOOCCCC1.O=S(=O)([O-])[O-].[Na+].[Na+]. The zero-order chi connectivity index (χ0) is 13.7. The molecule has 1 saturated heterocycles. The molecule has 0 aliphatic carbocycles. The van der Waals surface area contributed by atoms with E-state index in [-0.39, 0.29) is 59.1 Å². The Balaban J connectivity index is -0.000000361. The second-order valence-electron chi connectivity index (χ2n) is 3.95. The van der Waals surface area contributed by atoms with Gasteiger partial charge >= 0.3 is 59.1 Å². The van der Waals surface area contributed by atoms with Crippen molar-refractivity contribution < 1.29 is 91.5 Å². The first-order valence-corrected chi connectivity index (χ1v) is 7.41. The van der Waals surface area contributed by atoms with E-state index in [0.717, 1.165) is 12.8 Å². The first kappa shape index (κ1) is 26.6. The van der Waals surface area contributed by atoms with E-state index in [1.165, 1.54) is 38.5 Å². The first-order valence-electron chi connectivity index (χ1n) is 6.08. The molecule has 1 fully saturated rings. The standard InChI is InChI=1S/C10H20O3.2Na.H2O4S/c1-2-4-6-8-10-12-13-11-9-7-5-3-1;;;1-5(2,3)4/h1-10H2;;;(H2,1,2,3,4)/q;2*+1;/p-2. The van der Waals surface area contributed by atoms with Crippen LogP contribution in [0.1, 0.15) is 51.4 Å². The van der Waals surface area contributed by atoms with Crippen molar-refractivity contribution in [2.75, 3.05) is 13.2 Å². The van der Waals surface area contributed by atoms with Crippen LogP contribution in [0.5, 0.6) is 0 Å². The van der Waals surface area contributed by atoms with Gasteiger partial charge in [0.25, 0.3) is 0 Å². The fourth-order valence-electron chi connectivity index (χ4n) is 1.48. The summed E-state index contributed by atoms with van der Waals surface area (Å²) in [6.45, 7) is 1.31. The summed E-state index contributed by atoms with van der Waals surface area (Å²) in [5, 5.41) is 4.55. The Morgan fingerprint density at radius 2 is 0.900 bits per heavy atom. The first-order chi connectivity index (χ1) is 8.50. The topological polar surface area (TPSA) is 108 Å². The van der Waals surface area contributed by atoms with Crippen LogP contribution in [0.2, 0.25) is 0 Å². The molecule has 7 nitrogen and oxygen atoms in total. The summed E-state index contributed by atoms with van der Waals surface area (Å²) < 4.78 is 34.1. The van der Waals surface area contributed by atoms with E-state index in [1.807, 2.05) is 0 Å². The Kier molecular flexibility index (Phi) is 25.0. The Bertz CT molecular complexity index is 219. The molecule has 0 aromatic carbocycles. The Labute approximate surface area is 165 Å². The van der Waals surface area contributed by atoms with E-state index in [0.29, 0.717) is 13.2 Å². The fourth-order valence-corrected chi connectivity index (χ4v) is 1.48. The van der Waals surface area contributed by atoms with E-state index in [9.17, 15) is 0 Å². The summed E-state index contributed by atoms with van der Waals surface area (Å²) in [7, 11) is -5.17. The molecule has 0 radical (unpaired) electrons. The van der Waals surface area contributed by atoms with Gasteiger partial charge in [-0.05, 0) is 12.8 Å². The average molecular weight is 330 g/mol. The summed E-state index contributed by atoms with van der Waals surface area (Å²) in [4.78, 5) is 9.65. The predicted molar refractivity (Wildman–Crippen MR) is 60.4 cm³/mol. The zero-order valence-corrected chi connectivity index (χ0v) is 17.2. The fraction of sp³-hybridized carbons (Fsp3) is 1.00. The van der Waals surface area contributed by atoms with E-state index >= 15 is 0 Å². The van der Waals surface area contributed by atoms with Crippen LogP contribution in [-0.4, -0.2) is 30.7 Å². The van der Waals surface area contributed by atoms with Gasteiger partial charge in [-0.25, -0.2) is 9.78 Å². The van der Waals surface area contributed by atoms with E-state index in [4.69, 9.17) is 27.3 Å². The Morgan fingerprint density at radius 1 is 0.650 bits per heavy atom. The monoisotopic (exact) mass is 330 g/mol. The van der Waals surface area contributed by atoms with Crippen LogP contribution in [0.3, 0.4) is 0 Å². The normalized spacial score (nSPS) is 18.5. The van der Waals surface area contributed by atoms with Crippen LogP contribution < -0.4 is 59.1 Å². The summed E-state index contributed by atoms with van der Waals surface area (Å²) in [6.07, 6.45) is 10.00.